The molecule has 0 unspecified atom stereocenters. The van der Waals surface area contributed by atoms with Crippen molar-refractivity contribution in [1.82, 2.24) is 9.97 Å². The number of esters is 1. The number of hydrogen-bond donors (Lipinski definition) is 0. The van der Waals surface area contributed by atoms with E-state index in [-0.39, 0.29) is 11.2 Å². The molecule has 0 N–H and O–H groups in total. The van der Waals surface area contributed by atoms with E-state index in [1.807, 2.05) is 0 Å². The van der Waals surface area contributed by atoms with E-state index in [1.54, 1.807) is 19.1 Å². The second-order valence-electron chi connectivity index (χ2n) is 3.87. The monoisotopic (exact) mass is 286 g/mol. The van der Waals surface area contributed by atoms with Crippen LogP contribution in [0.25, 0.3) is 11.0 Å². The molecule has 19 heavy (non-hydrogen) atoms. The first-order valence-electron chi connectivity index (χ1n) is 5.27. The van der Waals surface area contributed by atoms with Crippen LogP contribution in [0.1, 0.15) is 21.7 Å². The van der Waals surface area contributed by atoms with Crippen LogP contribution in [0.2, 0.25) is 0 Å². The van der Waals surface area contributed by atoms with Crippen molar-refractivity contribution >= 4 is 28.6 Å². The number of rotatable bonds is 2. The van der Waals surface area contributed by atoms with E-state index in [0.717, 1.165) is 7.11 Å². The molecular weight excluding hydrogens is 278 g/mol. The highest BCUT2D eigenvalue weighted by atomic mass is 35.5. The summed E-state index contributed by atoms with van der Waals surface area (Å²) >= 11 is 4.97. The summed E-state index contributed by atoms with van der Waals surface area (Å²) in [6.45, 7) is 1.70. The lowest BCUT2D eigenvalue weighted by atomic mass is 10.1. The molecule has 0 amide bonds. The van der Waals surface area contributed by atoms with Crippen LogP contribution in [0.4, 0.5) is 8.78 Å². The zero-order valence-electron chi connectivity index (χ0n) is 10.1. The van der Waals surface area contributed by atoms with Crippen molar-refractivity contribution in [3.05, 3.63) is 35.2 Å². The molecule has 2 aromatic rings. The van der Waals surface area contributed by atoms with Gasteiger partial charge in [0.2, 0.25) is 0 Å². The number of aryl methyl sites for hydroxylation is 1. The number of methoxy groups -OCH3 is 1. The predicted octanol–water partition coefficient (Wildman–Crippen LogP) is 3.01. The van der Waals surface area contributed by atoms with Crippen LogP contribution < -0.4 is 0 Å². The van der Waals surface area contributed by atoms with Gasteiger partial charge in [-0.05, 0) is 36.7 Å². The first kappa shape index (κ1) is 13.6. The highest BCUT2D eigenvalue weighted by Crippen LogP contribution is 2.34. The normalized spacial score (nSPS) is 11.6. The fourth-order valence-corrected chi connectivity index (χ4v) is 1.77. The number of alkyl halides is 3. The van der Waals surface area contributed by atoms with Crippen molar-refractivity contribution in [2.75, 3.05) is 7.11 Å². The van der Waals surface area contributed by atoms with Crippen molar-refractivity contribution in [2.24, 2.45) is 0 Å². The highest BCUT2D eigenvalue weighted by Gasteiger charge is 2.36. The predicted molar refractivity (Wildman–Crippen MR) is 65.4 cm³/mol. The third kappa shape index (κ3) is 2.63. The summed E-state index contributed by atoms with van der Waals surface area (Å²) in [5, 5.41) is -3.32. The Hall–Kier alpha value is -1.82. The van der Waals surface area contributed by atoms with Crippen LogP contribution >= 0.6 is 11.6 Å². The maximum absolute atomic E-state index is 13.3. The molecule has 0 aliphatic carbocycles. The minimum absolute atomic E-state index is 0.1000. The van der Waals surface area contributed by atoms with Gasteiger partial charge in [-0.15, -0.1) is 0 Å². The van der Waals surface area contributed by atoms with E-state index in [0.29, 0.717) is 11.1 Å². The Labute approximate surface area is 112 Å². The first-order valence-corrected chi connectivity index (χ1v) is 5.64. The third-order valence-electron chi connectivity index (χ3n) is 2.49. The summed E-state index contributed by atoms with van der Waals surface area (Å²) in [6.07, 6.45) is 0. The van der Waals surface area contributed by atoms with Gasteiger partial charge in [-0.2, -0.15) is 8.78 Å². The van der Waals surface area contributed by atoms with Gasteiger partial charge in [0, 0.05) is 11.1 Å². The molecule has 0 spiro atoms. The molecule has 2 aromatic heterocycles. The Morgan fingerprint density at radius 3 is 2.63 bits per heavy atom. The second kappa shape index (κ2) is 4.70. The molecular formula is C12H9ClF2N2O2. The number of nitrogens with zero attached hydrogens (tertiary/aromatic N) is 2. The van der Waals surface area contributed by atoms with Crippen molar-refractivity contribution in [1.29, 1.82) is 0 Å². The van der Waals surface area contributed by atoms with Gasteiger partial charge in [0.05, 0.1) is 12.7 Å². The molecule has 0 saturated heterocycles. The maximum Gasteiger partial charge on any atom is 0.365 e. The van der Waals surface area contributed by atoms with Gasteiger partial charge in [0.25, 0.3) is 0 Å². The number of aromatic nitrogens is 2. The fraction of sp³-hybridized carbons (Fsp3) is 0.250. The third-order valence-corrected chi connectivity index (χ3v) is 2.67. The summed E-state index contributed by atoms with van der Waals surface area (Å²) in [6, 6.07) is 4.56. The molecule has 0 saturated carbocycles. The van der Waals surface area contributed by atoms with Gasteiger partial charge in [0.1, 0.15) is 5.69 Å². The standard InChI is InChI=1S/C12H9ClF2N2O2/c1-6-3-4-7-5-8(11(18)19-2)9(12(13,14)15)17-10(7)16-6/h3-5H,1-2H3. The Balaban J connectivity index is 2.78. The van der Waals surface area contributed by atoms with Crippen LogP contribution in [0.15, 0.2) is 18.2 Å². The van der Waals surface area contributed by atoms with E-state index in [1.165, 1.54) is 6.07 Å². The number of hydrogen-bond acceptors (Lipinski definition) is 4. The van der Waals surface area contributed by atoms with Gasteiger partial charge < -0.3 is 4.74 Å². The second-order valence-corrected chi connectivity index (χ2v) is 4.35. The van der Waals surface area contributed by atoms with Gasteiger partial charge >= 0.3 is 11.4 Å². The zero-order valence-corrected chi connectivity index (χ0v) is 10.8. The van der Waals surface area contributed by atoms with E-state index in [9.17, 15) is 13.6 Å². The number of carbonyl (C=O) groups excluding carboxylic acids is 1. The van der Waals surface area contributed by atoms with Gasteiger partial charge in [-0.3, -0.25) is 0 Å². The molecule has 100 valence electrons. The molecule has 0 aliphatic heterocycles. The van der Waals surface area contributed by atoms with Crippen molar-refractivity contribution < 1.29 is 18.3 Å². The van der Waals surface area contributed by atoms with E-state index in [2.05, 4.69) is 14.7 Å². The molecule has 0 bridgehead atoms. The van der Waals surface area contributed by atoms with E-state index < -0.39 is 17.0 Å². The molecule has 2 heterocycles. The number of ether oxygens (including phenoxy) is 1. The van der Waals surface area contributed by atoms with Gasteiger partial charge in [0.15, 0.2) is 5.65 Å². The van der Waals surface area contributed by atoms with Crippen LogP contribution in [0, 0.1) is 6.92 Å². The molecule has 0 aliphatic rings. The Morgan fingerprint density at radius 1 is 1.37 bits per heavy atom. The quantitative estimate of drug-likeness (QED) is 0.629. The summed E-state index contributed by atoms with van der Waals surface area (Å²) in [5.41, 5.74) is -0.509. The highest BCUT2D eigenvalue weighted by molar-refractivity contribution is 6.22. The van der Waals surface area contributed by atoms with Crippen LogP contribution in [0.5, 0.6) is 0 Å². The lowest BCUT2D eigenvalue weighted by Gasteiger charge is -2.12. The molecule has 2 rings (SSSR count). The summed E-state index contributed by atoms with van der Waals surface area (Å²) in [5.74, 6) is -0.926. The molecule has 0 radical (unpaired) electrons. The zero-order chi connectivity index (χ0) is 14.2. The minimum Gasteiger partial charge on any atom is -0.465 e. The van der Waals surface area contributed by atoms with Crippen LogP contribution in [-0.4, -0.2) is 23.0 Å². The molecule has 4 nitrogen and oxygen atoms in total. The smallest absolute Gasteiger partial charge is 0.365 e. The molecule has 0 fully saturated rings. The SMILES string of the molecule is COC(=O)c1cc2ccc(C)nc2nc1C(F)(F)Cl. The lowest BCUT2D eigenvalue weighted by Crippen LogP contribution is -2.16. The topological polar surface area (TPSA) is 52.1 Å². The van der Waals surface area contributed by atoms with Gasteiger partial charge in [-0.1, -0.05) is 0 Å². The Morgan fingerprint density at radius 2 is 2.05 bits per heavy atom. The average Bonchev–Trinajstić information content (AvgIpc) is 2.35. The first-order chi connectivity index (χ1) is 8.82. The summed E-state index contributed by atoms with van der Waals surface area (Å²) in [4.78, 5) is 19.2. The largest absolute Gasteiger partial charge is 0.465 e. The number of carbonyl (C=O) groups is 1. The lowest BCUT2D eigenvalue weighted by molar-refractivity contribution is 0.0565. The Bertz CT molecular complexity index is 656. The van der Waals surface area contributed by atoms with Crippen molar-refractivity contribution in [3.63, 3.8) is 0 Å². The summed E-state index contributed by atoms with van der Waals surface area (Å²) in [7, 11) is 1.09. The summed E-state index contributed by atoms with van der Waals surface area (Å²) < 4.78 is 31.1. The number of fused-ring (bicyclic) bond motifs is 1. The number of pyridine rings is 2. The Kier molecular flexibility index (Phi) is 3.36. The van der Waals surface area contributed by atoms with Crippen molar-refractivity contribution in [2.45, 2.75) is 12.3 Å². The van der Waals surface area contributed by atoms with Crippen LogP contribution in [-0.2, 0) is 10.1 Å². The minimum atomic E-state index is -3.77. The molecule has 7 heteroatoms. The van der Waals surface area contributed by atoms with Crippen molar-refractivity contribution in [3.8, 4) is 0 Å². The molecule has 0 atom stereocenters. The maximum atomic E-state index is 13.3. The number of halogens is 3. The van der Waals surface area contributed by atoms with E-state index in [4.69, 9.17) is 11.6 Å². The molecule has 0 aromatic carbocycles. The average molecular weight is 287 g/mol. The van der Waals surface area contributed by atoms with E-state index >= 15 is 0 Å². The van der Waals surface area contributed by atoms with Crippen LogP contribution in [0.3, 0.4) is 0 Å². The van der Waals surface area contributed by atoms with Gasteiger partial charge in [-0.25, -0.2) is 14.8 Å². The fourth-order valence-electron chi connectivity index (χ4n) is 1.63.